The van der Waals surface area contributed by atoms with Crippen LogP contribution in [0, 0.1) is 0 Å². The highest BCUT2D eigenvalue weighted by molar-refractivity contribution is 6.30. The van der Waals surface area contributed by atoms with E-state index in [9.17, 15) is 5.11 Å². The highest BCUT2D eigenvalue weighted by atomic mass is 35.5. The van der Waals surface area contributed by atoms with Crippen LogP contribution in [0.5, 0.6) is 0 Å². The van der Waals surface area contributed by atoms with E-state index >= 15 is 0 Å². The maximum atomic E-state index is 9.55. The zero-order chi connectivity index (χ0) is 10.2. The Morgan fingerprint density at radius 1 is 1.36 bits per heavy atom. The summed E-state index contributed by atoms with van der Waals surface area (Å²) in [5.74, 6) is 0. The molecule has 1 saturated carbocycles. The Hall–Kier alpha value is -0.530. The molecule has 2 unspecified atom stereocenters. The minimum absolute atomic E-state index is 0.129. The summed E-state index contributed by atoms with van der Waals surface area (Å²) in [4.78, 5) is 0. The summed E-state index contributed by atoms with van der Waals surface area (Å²) in [5.41, 5.74) is 1.43. The summed E-state index contributed by atoms with van der Waals surface area (Å²) in [7, 11) is 0. The fourth-order valence-electron chi connectivity index (χ4n) is 2.32. The molecule has 76 valence electrons. The third kappa shape index (κ3) is 1.79. The van der Waals surface area contributed by atoms with Crippen molar-refractivity contribution in [1.82, 2.24) is 0 Å². The van der Waals surface area contributed by atoms with Crippen LogP contribution in [0.3, 0.4) is 0 Å². The number of benzene rings is 1. The third-order valence-corrected chi connectivity index (χ3v) is 3.51. The molecule has 1 aliphatic carbocycles. The second-order valence-electron chi connectivity index (χ2n) is 4.46. The van der Waals surface area contributed by atoms with Gasteiger partial charge < -0.3 is 5.11 Å². The summed E-state index contributed by atoms with van der Waals surface area (Å²) in [6, 6.07) is 7.99. The minimum atomic E-state index is -0.129. The van der Waals surface area contributed by atoms with Crippen molar-refractivity contribution < 1.29 is 5.11 Å². The SMILES string of the molecule is CC1(c2ccc(Cl)cc2)CCC(O)C1. The monoisotopic (exact) mass is 210 g/mol. The van der Waals surface area contributed by atoms with Crippen LogP contribution in [0.2, 0.25) is 5.02 Å². The zero-order valence-electron chi connectivity index (χ0n) is 8.33. The molecule has 1 aromatic rings. The number of aliphatic hydroxyl groups excluding tert-OH is 1. The molecule has 2 heteroatoms. The lowest BCUT2D eigenvalue weighted by atomic mass is 9.81. The molecule has 0 saturated heterocycles. The molecular formula is C12H15ClO. The standard InChI is InChI=1S/C12H15ClO/c1-12(7-6-11(14)8-12)9-2-4-10(13)5-3-9/h2-5,11,14H,6-8H2,1H3. The van der Waals surface area contributed by atoms with Crippen LogP contribution in [0.1, 0.15) is 31.7 Å². The molecule has 2 atom stereocenters. The Balaban J connectivity index is 2.26. The Kier molecular flexibility index (Phi) is 2.54. The summed E-state index contributed by atoms with van der Waals surface area (Å²) < 4.78 is 0. The van der Waals surface area contributed by atoms with Crippen LogP contribution in [0.25, 0.3) is 0 Å². The van der Waals surface area contributed by atoms with Crippen LogP contribution in [0.15, 0.2) is 24.3 Å². The van der Waals surface area contributed by atoms with Crippen molar-refractivity contribution >= 4 is 11.6 Å². The molecule has 2 rings (SSSR count). The van der Waals surface area contributed by atoms with Gasteiger partial charge in [0.25, 0.3) is 0 Å². The fourth-order valence-corrected chi connectivity index (χ4v) is 2.45. The van der Waals surface area contributed by atoms with E-state index < -0.39 is 0 Å². The summed E-state index contributed by atoms with van der Waals surface area (Å²) >= 11 is 5.84. The quantitative estimate of drug-likeness (QED) is 0.755. The van der Waals surface area contributed by atoms with Crippen molar-refractivity contribution in [3.8, 4) is 0 Å². The van der Waals surface area contributed by atoms with Gasteiger partial charge in [0.15, 0.2) is 0 Å². The van der Waals surface area contributed by atoms with Crippen molar-refractivity contribution in [3.05, 3.63) is 34.9 Å². The Morgan fingerprint density at radius 3 is 2.50 bits per heavy atom. The van der Waals surface area contributed by atoms with Crippen molar-refractivity contribution in [2.24, 2.45) is 0 Å². The second kappa shape index (κ2) is 3.56. The predicted molar refractivity (Wildman–Crippen MR) is 58.7 cm³/mol. The fraction of sp³-hybridized carbons (Fsp3) is 0.500. The average Bonchev–Trinajstić information content (AvgIpc) is 2.48. The molecule has 0 amide bonds. The first-order valence-electron chi connectivity index (χ1n) is 5.04. The molecule has 0 aliphatic heterocycles. The van der Waals surface area contributed by atoms with E-state index in [2.05, 4.69) is 19.1 Å². The van der Waals surface area contributed by atoms with Gasteiger partial charge in [-0.1, -0.05) is 30.7 Å². The van der Waals surface area contributed by atoms with Crippen molar-refractivity contribution in [3.63, 3.8) is 0 Å². The smallest absolute Gasteiger partial charge is 0.0549 e. The number of aliphatic hydroxyl groups is 1. The topological polar surface area (TPSA) is 20.2 Å². The van der Waals surface area contributed by atoms with Gasteiger partial charge in [0, 0.05) is 5.02 Å². The van der Waals surface area contributed by atoms with Gasteiger partial charge in [-0.2, -0.15) is 0 Å². The number of rotatable bonds is 1. The van der Waals surface area contributed by atoms with Gasteiger partial charge in [-0.05, 0) is 42.4 Å². The summed E-state index contributed by atoms with van der Waals surface area (Å²) in [5, 5.41) is 10.3. The van der Waals surface area contributed by atoms with Crippen LogP contribution in [-0.4, -0.2) is 11.2 Å². The summed E-state index contributed by atoms with van der Waals surface area (Å²) in [6.07, 6.45) is 2.72. The van der Waals surface area contributed by atoms with Gasteiger partial charge in [-0.15, -0.1) is 0 Å². The van der Waals surface area contributed by atoms with E-state index in [1.165, 1.54) is 5.56 Å². The normalized spacial score (nSPS) is 32.1. The molecule has 1 nitrogen and oxygen atoms in total. The lowest BCUT2D eigenvalue weighted by molar-refractivity contribution is 0.175. The summed E-state index contributed by atoms with van der Waals surface area (Å²) in [6.45, 7) is 2.21. The minimum Gasteiger partial charge on any atom is -0.393 e. The number of hydrogen-bond acceptors (Lipinski definition) is 1. The van der Waals surface area contributed by atoms with E-state index in [0.717, 1.165) is 24.3 Å². The zero-order valence-corrected chi connectivity index (χ0v) is 9.09. The first-order valence-corrected chi connectivity index (χ1v) is 5.42. The molecule has 1 aliphatic rings. The molecule has 0 spiro atoms. The number of hydrogen-bond donors (Lipinski definition) is 1. The van der Waals surface area contributed by atoms with E-state index in [1.54, 1.807) is 0 Å². The van der Waals surface area contributed by atoms with Crippen molar-refractivity contribution in [2.45, 2.75) is 37.7 Å². The Bertz CT molecular complexity index is 320. The molecular weight excluding hydrogens is 196 g/mol. The van der Waals surface area contributed by atoms with E-state index in [0.29, 0.717) is 0 Å². The third-order valence-electron chi connectivity index (χ3n) is 3.26. The van der Waals surface area contributed by atoms with Crippen LogP contribution in [-0.2, 0) is 5.41 Å². The van der Waals surface area contributed by atoms with E-state index in [4.69, 9.17) is 11.6 Å². The largest absolute Gasteiger partial charge is 0.393 e. The second-order valence-corrected chi connectivity index (χ2v) is 4.90. The Labute approximate surface area is 89.7 Å². The maximum absolute atomic E-state index is 9.55. The number of halogens is 1. The van der Waals surface area contributed by atoms with Crippen LogP contribution in [0.4, 0.5) is 0 Å². The maximum Gasteiger partial charge on any atom is 0.0549 e. The van der Waals surface area contributed by atoms with E-state index in [1.807, 2.05) is 12.1 Å². The highest BCUT2D eigenvalue weighted by Gasteiger charge is 2.35. The van der Waals surface area contributed by atoms with E-state index in [-0.39, 0.29) is 11.5 Å². The molecule has 1 N–H and O–H groups in total. The molecule has 0 heterocycles. The molecule has 1 fully saturated rings. The lowest BCUT2D eigenvalue weighted by Crippen LogP contribution is -2.18. The molecule has 0 bridgehead atoms. The van der Waals surface area contributed by atoms with Gasteiger partial charge in [-0.3, -0.25) is 0 Å². The van der Waals surface area contributed by atoms with Gasteiger partial charge in [-0.25, -0.2) is 0 Å². The van der Waals surface area contributed by atoms with Gasteiger partial charge in [0.2, 0.25) is 0 Å². The van der Waals surface area contributed by atoms with Gasteiger partial charge >= 0.3 is 0 Å². The van der Waals surface area contributed by atoms with Gasteiger partial charge in [0.05, 0.1) is 6.10 Å². The molecule has 1 aromatic carbocycles. The molecule has 0 radical (unpaired) electrons. The Morgan fingerprint density at radius 2 is 2.00 bits per heavy atom. The van der Waals surface area contributed by atoms with Gasteiger partial charge in [0.1, 0.15) is 0 Å². The highest BCUT2D eigenvalue weighted by Crippen LogP contribution is 2.40. The van der Waals surface area contributed by atoms with Crippen LogP contribution < -0.4 is 0 Å². The molecule has 0 aromatic heterocycles. The van der Waals surface area contributed by atoms with Crippen molar-refractivity contribution in [2.75, 3.05) is 0 Å². The average molecular weight is 211 g/mol. The van der Waals surface area contributed by atoms with Crippen molar-refractivity contribution in [1.29, 1.82) is 0 Å². The molecule has 14 heavy (non-hydrogen) atoms. The predicted octanol–water partition coefficient (Wildman–Crippen LogP) is 3.14. The van der Waals surface area contributed by atoms with Crippen LogP contribution >= 0.6 is 11.6 Å². The lowest BCUT2D eigenvalue weighted by Gasteiger charge is -2.24. The first kappa shape index (κ1) is 10.0. The first-order chi connectivity index (χ1) is 6.60.